The normalized spacial score (nSPS) is 16.0. The van der Waals surface area contributed by atoms with Crippen molar-refractivity contribution in [3.05, 3.63) is 36.0 Å². The number of piperidine rings is 1. The summed E-state index contributed by atoms with van der Waals surface area (Å²) in [5.41, 5.74) is 0.651. The quantitative estimate of drug-likeness (QED) is 0.800. The van der Waals surface area contributed by atoms with Crippen LogP contribution in [0.2, 0.25) is 0 Å². The van der Waals surface area contributed by atoms with Crippen molar-refractivity contribution in [1.82, 2.24) is 4.98 Å². The van der Waals surface area contributed by atoms with Crippen LogP contribution in [-0.4, -0.2) is 31.2 Å². The highest BCUT2D eigenvalue weighted by molar-refractivity contribution is 5.92. The Labute approximate surface area is 126 Å². The molecule has 0 radical (unpaired) electrons. The highest BCUT2D eigenvalue weighted by Gasteiger charge is 2.27. The summed E-state index contributed by atoms with van der Waals surface area (Å²) in [5, 5.41) is 0.194. The molecule has 4 nitrogen and oxygen atoms in total. The first kappa shape index (κ1) is 14.7. The second kappa shape index (κ2) is 5.87. The predicted octanol–water partition coefficient (Wildman–Crippen LogP) is 2.90. The van der Waals surface area contributed by atoms with Crippen molar-refractivity contribution in [2.75, 3.05) is 25.1 Å². The molecule has 1 aliphatic heterocycles. The Bertz CT molecular complexity index is 713. The summed E-state index contributed by atoms with van der Waals surface area (Å²) in [6, 6.07) is 3.88. The van der Waals surface area contributed by atoms with E-state index in [4.69, 9.17) is 4.74 Å². The van der Waals surface area contributed by atoms with Crippen LogP contribution < -0.4 is 4.90 Å². The number of pyridine rings is 1. The van der Waals surface area contributed by atoms with Gasteiger partial charge < -0.3 is 9.64 Å². The Hall–Kier alpha value is -2.24. The van der Waals surface area contributed by atoms with E-state index in [9.17, 15) is 13.6 Å². The van der Waals surface area contributed by atoms with Crippen LogP contribution >= 0.6 is 0 Å². The van der Waals surface area contributed by atoms with Crippen LogP contribution in [0.4, 0.5) is 14.5 Å². The summed E-state index contributed by atoms with van der Waals surface area (Å²) < 4.78 is 32.7. The van der Waals surface area contributed by atoms with E-state index < -0.39 is 11.6 Å². The molecule has 1 aromatic heterocycles. The lowest BCUT2D eigenvalue weighted by Gasteiger charge is -2.33. The van der Waals surface area contributed by atoms with Crippen LogP contribution in [0.3, 0.4) is 0 Å². The van der Waals surface area contributed by atoms with E-state index in [-0.39, 0.29) is 22.8 Å². The molecule has 1 saturated heterocycles. The van der Waals surface area contributed by atoms with E-state index in [1.165, 1.54) is 13.3 Å². The Kier molecular flexibility index (Phi) is 3.92. The van der Waals surface area contributed by atoms with E-state index in [2.05, 4.69) is 4.98 Å². The van der Waals surface area contributed by atoms with Crippen LogP contribution in [-0.2, 0) is 9.53 Å². The van der Waals surface area contributed by atoms with Gasteiger partial charge in [-0.15, -0.1) is 0 Å². The van der Waals surface area contributed by atoms with Crippen molar-refractivity contribution in [3.63, 3.8) is 0 Å². The lowest BCUT2D eigenvalue weighted by Crippen LogP contribution is -2.36. The van der Waals surface area contributed by atoms with Crippen LogP contribution in [0, 0.1) is 17.6 Å². The maximum atomic E-state index is 14.1. The van der Waals surface area contributed by atoms with Gasteiger partial charge in [-0.05, 0) is 31.0 Å². The predicted molar refractivity (Wildman–Crippen MR) is 78.6 cm³/mol. The average Bonchev–Trinajstić information content (AvgIpc) is 2.57. The number of carbonyl (C=O) groups is 1. The molecule has 1 fully saturated rings. The van der Waals surface area contributed by atoms with Crippen molar-refractivity contribution in [2.45, 2.75) is 12.8 Å². The van der Waals surface area contributed by atoms with Gasteiger partial charge in [-0.25, -0.2) is 8.78 Å². The Balaban J connectivity index is 1.92. The van der Waals surface area contributed by atoms with Crippen molar-refractivity contribution < 1.29 is 18.3 Å². The number of fused-ring (bicyclic) bond motifs is 1. The van der Waals surface area contributed by atoms with Gasteiger partial charge in [0.15, 0.2) is 0 Å². The molecule has 116 valence electrons. The average molecular weight is 306 g/mol. The minimum Gasteiger partial charge on any atom is -0.469 e. The number of rotatable bonds is 2. The van der Waals surface area contributed by atoms with Crippen molar-refractivity contribution in [2.24, 2.45) is 5.92 Å². The van der Waals surface area contributed by atoms with Gasteiger partial charge in [-0.1, -0.05) is 0 Å². The molecule has 22 heavy (non-hydrogen) atoms. The first-order valence-corrected chi connectivity index (χ1v) is 7.17. The molecule has 0 bridgehead atoms. The minimum atomic E-state index is -0.539. The molecule has 1 aliphatic rings. The van der Waals surface area contributed by atoms with Gasteiger partial charge in [-0.3, -0.25) is 9.78 Å². The zero-order valence-electron chi connectivity index (χ0n) is 12.2. The monoisotopic (exact) mass is 306 g/mol. The maximum absolute atomic E-state index is 14.1. The number of aromatic nitrogens is 1. The van der Waals surface area contributed by atoms with Gasteiger partial charge in [0, 0.05) is 19.3 Å². The molecule has 2 heterocycles. The van der Waals surface area contributed by atoms with E-state index >= 15 is 0 Å². The summed E-state index contributed by atoms with van der Waals surface area (Å²) in [6.45, 7) is 1.18. The lowest BCUT2D eigenvalue weighted by molar-refractivity contribution is -0.146. The number of esters is 1. The fraction of sp³-hybridized carbons (Fsp3) is 0.375. The van der Waals surface area contributed by atoms with Crippen LogP contribution in [0.1, 0.15) is 12.8 Å². The van der Waals surface area contributed by atoms with Crippen molar-refractivity contribution >= 4 is 22.6 Å². The first-order valence-electron chi connectivity index (χ1n) is 7.17. The molecule has 0 saturated carbocycles. The smallest absolute Gasteiger partial charge is 0.308 e. The Morgan fingerprint density at radius 2 is 1.91 bits per heavy atom. The van der Waals surface area contributed by atoms with Crippen LogP contribution in [0.15, 0.2) is 24.4 Å². The van der Waals surface area contributed by atoms with E-state index in [1.807, 2.05) is 4.90 Å². The van der Waals surface area contributed by atoms with Gasteiger partial charge in [0.25, 0.3) is 0 Å². The number of ether oxygens (including phenoxy) is 1. The molecular weight excluding hydrogens is 290 g/mol. The summed E-state index contributed by atoms with van der Waals surface area (Å²) >= 11 is 0. The number of benzene rings is 1. The number of hydrogen-bond donors (Lipinski definition) is 0. The van der Waals surface area contributed by atoms with Crippen molar-refractivity contribution in [1.29, 1.82) is 0 Å². The van der Waals surface area contributed by atoms with Crippen LogP contribution in [0.25, 0.3) is 10.9 Å². The SMILES string of the molecule is COC(=O)C1CCN(c2ccnc3c(F)ccc(F)c23)CC1. The molecule has 0 aliphatic carbocycles. The fourth-order valence-electron chi connectivity index (χ4n) is 2.96. The summed E-state index contributed by atoms with van der Waals surface area (Å²) in [5.74, 6) is -1.37. The minimum absolute atomic E-state index is 0.0348. The van der Waals surface area contributed by atoms with Crippen molar-refractivity contribution in [3.8, 4) is 0 Å². The number of methoxy groups -OCH3 is 1. The molecule has 1 aromatic carbocycles. The standard InChI is InChI=1S/C16H16F2N2O2/c1-22-16(21)10-5-8-20(9-6-10)13-4-7-19-15-12(18)3-2-11(17)14(13)15/h2-4,7,10H,5-6,8-9H2,1H3. The highest BCUT2D eigenvalue weighted by atomic mass is 19.1. The van der Waals surface area contributed by atoms with Crippen LogP contribution in [0.5, 0.6) is 0 Å². The fourth-order valence-corrected chi connectivity index (χ4v) is 2.96. The molecule has 0 unspecified atom stereocenters. The Morgan fingerprint density at radius 3 is 2.59 bits per heavy atom. The third-order valence-corrected chi connectivity index (χ3v) is 4.14. The zero-order chi connectivity index (χ0) is 15.7. The largest absolute Gasteiger partial charge is 0.469 e. The lowest BCUT2D eigenvalue weighted by atomic mass is 9.96. The molecular formula is C16H16F2N2O2. The second-order valence-corrected chi connectivity index (χ2v) is 5.37. The number of anilines is 1. The van der Waals surface area contributed by atoms with Gasteiger partial charge in [-0.2, -0.15) is 0 Å². The number of hydrogen-bond acceptors (Lipinski definition) is 4. The summed E-state index contributed by atoms with van der Waals surface area (Å²) in [7, 11) is 1.38. The molecule has 0 N–H and O–H groups in total. The van der Waals surface area contributed by atoms with Gasteiger partial charge in [0.2, 0.25) is 0 Å². The third-order valence-electron chi connectivity index (χ3n) is 4.14. The Morgan fingerprint density at radius 1 is 1.23 bits per heavy atom. The number of halogens is 2. The first-order chi connectivity index (χ1) is 10.6. The molecule has 3 rings (SSSR count). The summed E-state index contributed by atoms with van der Waals surface area (Å²) in [6.07, 6.45) is 2.74. The molecule has 6 heteroatoms. The van der Waals surface area contributed by atoms with Gasteiger partial charge in [0.1, 0.15) is 17.2 Å². The van der Waals surface area contributed by atoms with E-state index in [1.54, 1.807) is 6.07 Å². The number of carbonyl (C=O) groups excluding carboxylic acids is 1. The molecule has 2 aromatic rings. The molecule has 0 amide bonds. The highest BCUT2D eigenvalue weighted by Crippen LogP contribution is 2.32. The van der Waals surface area contributed by atoms with E-state index in [0.717, 1.165) is 12.1 Å². The zero-order valence-corrected chi connectivity index (χ0v) is 12.2. The second-order valence-electron chi connectivity index (χ2n) is 5.37. The summed E-state index contributed by atoms with van der Waals surface area (Å²) in [4.78, 5) is 17.5. The third kappa shape index (κ3) is 2.49. The topological polar surface area (TPSA) is 42.4 Å². The molecule has 0 spiro atoms. The molecule has 0 atom stereocenters. The van der Waals surface area contributed by atoms with Gasteiger partial charge >= 0.3 is 5.97 Å². The van der Waals surface area contributed by atoms with E-state index in [0.29, 0.717) is 31.6 Å². The maximum Gasteiger partial charge on any atom is 0.308 e. The van der Waals surface area contributed by atoms with Gasteiger partial charge in [0.05, 0.1) is 24.1 Å². The number of nitrogens with zero attached hydrogens (tertiary/aromatic N) is 2.